The summed E-state index contributed by atoms with van der Waals surface area (Å²) in [4.78, 5) is 6.80. The minimum absolute atomic E-state index is 0.00714. The molecule has 0 amide bonds. The fraction of sp³-hybridized carbons (Fsp3) is 0.238. The van der Waals surface area contributed by atoms with Gasteiger partial charge >= 0.3 is 0 Å². The minimum atomic E-state index is 0.00714. The normalized spacial score (nSPS) is 19.7. The quantitative estimate of drug-likeness (QED) is 0.708. The van der Waals surface area contributed by atoms with Gasteiger partial charge in [0.2, 0.25) is 0 Å². The van der Waals surface area contributed by atoms with Gasteiger partial charge in [-0.15, -0.1) is 0 Å². The first-order chi connectivity index (χ1) is 12.5. The van der Waals surface area contributed by atoms with Crippen molar-refractivity contribution in [1.82, 2.24) is 14.9 Å². The van der Waals surface area contributed by atoms with Crippen LogP contribution in [0.2, 0.25) is 0 Å². The number of hydrogen-bond acceptors (Lipinski definition) is 2. The summed E-state index contributed by atoms with van der Waals surface area (Å²) < 4.78 is 2.07. The van der Waals surface area contributed by atoms with Gasteiger partial charge in [-0.05, 0) is 73.1 Å². The number of aryl methyl sites for hydroxylation is 3. The lowest BCUT2D eigenvalue weighted by Gasteiger charge is -2.27. The summed E-state index contributed by atoms with van der Waals surface area (Å²) in [6.45, 7) is 4.27. The molecule has 0 bridgehead atoms. The molecule has 0 aliphatic carbocycles. The zero-order valence-electron chi connectivity index (χ0n) is 15.2. The second kappa shape index (κ2) is 6.57. The van der Waals surface area contributed by atoms with Gasteiger partial charge in [-0.1, -0.05) is 12.1 Å². The molecule has 3 aromatic rings. The SMILES string of the molecule is Cc1ccc(N2C(=S)N[C@H](c3ccccn3)[C@@H]2c2ccn(C)c2)cc1C. The lowest BCUT2D eigenvalue weighted by atomic mass is 9.98. The summed E-state index contributed by atoms with van der Waals surface area (Å²) in [5, 5.41) is 4.23. The van der Waals surface area contributed by atoms with E-state index in [9.17, 15) is 0 Å². The van der Waals surface area contributed by atoms with Crippen LogP contribution in [0.25, 0.3) is 0 Å². The molecule has 0 radical (unpaired) electrons. The maximum absolute atomic E-state index is 5.74. The van der Waals surface area contributed by atoms with Gasteiger partial charge < -0.3 is 14.8 Å². The number of aromatic nitrogens is 2. The van der Waals surface area contributed by atoms with Gasteiger partial charge in [0.15, 0.2) is 5.11 Å². The van der Waals surface area contributed by atoms with Gasteiger partial charge in [0, 0.05) is 31.3 Å². The number of hydrogen-bond donors (Lipinski definition) is 1. The average Bonchev–Trinajstić information content (AvgIpc) is 3.21. The Kier molecular flexibility index (Phi) is 4.24. The third-order valence-electron chi connectivity index (χ3n) is 5.06. The highest BCUT2D eigenvalue weighted by Gasteiger charge is 2.40. The van der Waals surface area contributed by atoms with Crippen LogP contribution in [0.3, 0.4) is 0 Å². The molecule has 1 aliphatic rings. The van der Waals surface area contributed by atoms with E-state index in [1.807, 2.05) is 25.4 Å². The van der Waals surface area contributed by atoms with E-state index in [1.165, 1.54) is 16.7 Å². The molecular weight excluding hydrogens is 340 g/mol. The van der Waals surface area contributed by atoms with Crippen molar-refractivity contribution in [2.24, 2.45) is 7.05 Å². The molecule has 1 N–H and O–H groups in total. The predicted molar refractivity (Wildman–Crippen MR) is 109 cm³/mol. The average molecular weight is 363 g/mol. The molecule has 3 heterocycles. The van der Waals surface area contributed by atoms with Gasteiger partial charge in [-0.2, -0.15) is 0 Å². The fourth-order valence-corrected chi connectivity index (χ4v) is 3.89. The van der Waals surface area contributed by atoms with E-state index in [4.69, 9.17) is 12.2 Å². The Balaban J connectivity index is 1.83. The molecule has 1 aromatic carbocycles. The summed E-state index contributed by atoms with van der Waals surface area (Å²) in [7, 11) is 2.04. The Morgan fingerprint density at radius 3 is 2.58 bits per heavy atom. The number of nitrogens with one attached hydrogen (secondary N) is 1. The molecule has 1 aliphatic heterocycles. The first-order valence-corrected chi connectivity index (χ1v) is 9.15. The van der Waals surface area contributed by atoms with Crippen molar-refractivity contribution < 1.29 is 0 Å². The van der Waals surface area contributed by atoms with Crippen molar-refractivity contribution in [2.45, 2.75) is 25.9 Å². The van der Waals surface area contributed by atoms with E-state index in [0.717, 1.165) is 16.5 Å². The highest BCUT2D eigenvalue weighted by molar-refractivity contribution is 7.80. The maximum Gasteiger partial charge on any atom is 0.174 e. The Labute approximate surface area is 159 Å². The van der Waals surface area contributed by atoms with Crippen molar-refractivity contribution in [1.29, 1.82) is 0 Å². The van der Waals surface area contributed by atoms with Crippen LogP contribution in [-0.4, -0.2) is 14.7 Å². The Morgan fingerprint density at radius 2 is 1.92 bits per heavy atom. The highest BCUT2D eigenvalue weighted by atomic mass is 32.1. The Bertz CT molecular complexity index is 948. The van der Waals surface area contributed by atoms with Crippen molar-refractivity contribution in [3.05, 3.63) is 83.4 Å². The number of thiocarbonyl (C=S) groups is 1. The fourth-order valence-electron chi connectivity index (χ4n) is 3.55. The van der Waals surface area contributed by atoms with Gasteiger partial charge in [0.25, 0.3) is 0 Å². The molecule has 5 heteroatoms. The summed E-state index contributed by atoms with van der Waals surface area (Å²) in [5.74, 6) is 0. The molecule has 0 saturated carbocycles. The molecule has 4 rings (SSSR count). The molecule has 1 fully saturated rings. The zero-order valence-corrected chi connectivity index (χ0v) is 16.0. The number of pyridine rings is 1. The molecule has 26 heavy (non-hydrogen) atoms. The van der Waals surface area contributed by atoms with Crippen LogP contribution in [0.4, 0.5) is 5.69 Å². The van der Waals surface area contributed by atoms with E-state index < -0.39 is 0 Å². The third-order valence-corrected chi connectivity index (χ3v) is 5.38. The minimum Gasteiger partial charge on any atom is -0.357 e. The largest absolute Gasteiger partial charge is 0.357 e. The van der Waals surface area contributed by atoms with E-state index in [2.05, 4.69) is 76.3 Å². The second-order valence-electron chi connectivity index (χ2n) is 6.88. The predicted octanol–water partition coefficient (Wildman–Crippen LogP) is 4.21. The van der Waals surface area contributed by atoms with Crippen molar-refractivity contribution in [3.8, 4) is 0 Å². The molecule has 1 saturated heterocycles. The molecule has 2 aromatic heterocycles. The summed E-state index contributed by atoms with van der Waals surface area (Å²) in [6, 6.07) is 14.7. The number of benzene rings is 1. The van der Waals surface area contributed by atoms with Crippen molar-refractivity contribution in [2.75, 3.05) is 4.90 Å². The first kappa shape index (κ1) is 16.8. The van der Waals surface area contributed by atoms with Crippen LogP contribution in [0.1, 0.15) is 34.5 Å². The molecule has 0 unspecified atom stereocenters. The van der Waals surface area contributed by atoms with Crippen LogP contribution in [-0.2, 0) is 7.05 Å². The van der Waals surface area contributed by atoms with E-state index in [0.29, 0.717) is 0 Å². The smallest absolute Gasteiger partial charge is 0.174 e. The van der Waals surface area contributed by atoms with Crippen molar-refractivity contribution >= 4 is 23.0 Å². The zero-order chi connectivity index (χ0) is 18.3. The molecule has 132 valence electrons. The highest BCUT2D eigenvalue weighted by Crippen LogP contribution is 2.41. The molecule has 2 atom stereocenters. The van der Waals surface area contributed by atoms with Gasteiger partial charge in [0.1, 0.15) is 0 Å². The maximum atomic E-state index is 5.74. The Morgan fingerprint density at radius 1 is 1.08 bits per heavy atom. The van der Waals surface area contributed by atoms with Gasteiger partial charge in [-0.3, -0.25) is 4.98 Å². The monoisotopic (exact) mass is 362 g/mol. The lowest BCUT2D eigenvalue weighted by molar-refractivity contribution is 0.567. The summed E-state index contributed by atoms with van der Waals surface area (Å²) >= 11 is 5.74. The number of rotatable bonds is 3. The lowest BCUT2D eigenvalue weighted by Crippen LogP contribution is -2.29. The van der Waals surface area contributed by atoms with Crippen LogP contribution in [0.15, 0.2) is 61.1 Å². The van der Waals surface area contributed by atoms with E-state index >= 15 is 0 Å². The van der Waals surface area contributed by atoms with Crippen LogP contribution in [0.5, 0.6) is 0 Å². The van der Waals surface area contributed by atoms with Gasteiger partial charge in [0.05, 0.1) is 17.8 Å². The second-order valence-corrected chi connectivity index (χ2v) is 7.26. The molecule has 4 nitrogen and oxygen atoms in total. The van der Waals surface area contributed by atoms with Crippen LogP contribution in [0, 0.1) is 13.8 Å². The third kappa shape index (κ3) is 2.88. The van der Waals surface area contributed by atoms with E-state index in [1.54, 1.807) is 0 Å². The topological polar surface area (TPSA) is 33.1 Å². The molecular formula is C21H22N4S. The Hall–Kier alpha value is -2.66. The summed E-state index contributed by atoms with van der Waals surface area (Å²) in [6.07, 6.45) is 6.07. The standard InChI is InChI=1S/C21H22N4S/c1-14-7-8-17(12-15(14)2)25-20(16-9-11-24(3)13-16)19(23-21(25)26)18-6-4-5-10-22-18/h4-13,19-20H,1-3H3,(H,23,26)/t19-,20+/m1/s1. The van der Waals surface area contributed by atoms with E-state index in [-0.39, 0.29) is 12.1 Å². The first-order valence-electron chi connectivity index (χ1n) is 8.74. The van der Waals surface area contributed by atoms with Gasteiger partial charge in [-0.25, -0.2) is 0 Å². The van der Waals surface area contributed by atoms with Crippen molar-refractivity contribution in [3.63, 3.8) is 0 Å². The summed E-state index contributed by atoms with van der Waals surface area (Å²) in [5.41, 5.74) is 5.87. The number of anilines is 1. The molecule has 0 spiro atoms. The van der Waals surface area contributed by atoms with Crippen LogP contribution >= 0.6 is 12.2 Å². The number of nitrogens with zero attached hydrogens (tertiary/aromatic N) is 3. The van der Waals surface area contributed by atoms with Crippen LogP contribution < -0.4 is 10.2 Å².